The van der Waals surface area contributed by atoms with Gasteiger partial charge in [0.15, 0.2) is 0 Å². The van der Waals surface area contributed by atoms with Gasteiger partial charge >= 0.3 is 6.03 Å². The van der Waals surface area contributed by atoms with E-state index in [-0.39, 0.29) is 41.1 Å². The molecule has 0 bridgehead atoms. The summed E-state index contributed by atoms with van der Waals surface area (Å²) in [5, 5.41) is 3.68. The van der Waals surface area contributed by atoms with Crippen molar-refractivity contribution in [1.29, 1.82) is 0 Å². The predicted octanol–water partition coefficient (Wildman–Crippen LogP) is 6.13. The molecule has 0 radical (unpaired) electrons. The minimum Gasteiger partial charge on any atom is -0.333 e. The Morgan fingerprint density at radius 3 is 2.29 bits per heavy atom. The van der Waals surface area contributed by atoms with Gasteiger partial charge in [0, 0.05) is 50.6 Å². The maximum absolute atomic E-state index is 14.0. The number of rotatable bonds is 4. The second-order valence-corrected chi connectivity index (χ2v) is 13.6. The third-order valence-corrected chi connectivity index (χ3v) is 9.40. The van der Waals surface area contributed by atoms with E-state index in [2.05, 4.69) is 37.1 Å². The molecule has 1 aromatic carbocycles. The molecule has 5 rings (SSSR count). The number of halogens is 1. The lowest BCUT2D eigenvalue weighted by atomic mass is 9.76. The van der Waals surface area contributed by atoms with Crippen molar-refractivity contribution in [1.82, 2.24) is 19.7 Å². The number of aromatic nitrogens is 1. The molecule has 226 valence electrons. The van der Waals surface area contributed by atoms with E-state index in [1.165, 1.54) is 6.20 Å². The van der Waals surface area contributed by atoms with Crippen molar-refractivity contribution in [2.24, 2.45) is 11.8 Å². The number of aryl methyl sites for hydroxylation is 1. The monoisotopic (exact) mass is 593 g/mol. The van der Waals surface area contributed by atoms with Gasteiger partial charge in [0.1, 0.15) is 5.69 Å². The average molecular weight is 594 g/mol. The second kappa shape index (κ2) is 12.6. The lowest BCUT2D eigenvalue weighted by Gasteiger charge is -2.47. The number of carbonyl (C=O) groups is 3. The Kier molecular flexibility index (Phi) is 9.11. The summed E-state index contributed by atoms with van der Waals surface area (Å²) < 4.78 is 0. The van der Waals surface area contributed by atoms with E-state index in [1.807, 2.05) is 39.8 Å². The first-order valence-corrected chi connectivity index (χ1v) is 15.8. The number of carbonyl (C=O) groups excluding carboxylic acids is 3. The van der Waals surface area contributed by atoms with Gasteiger partial charge in [0.2, 0.25) is 5.91 Å². The van der Waals surface area contributed by atoms with Gasteiger partial charge in [-0.1, -0.05) is 44.5 Å². The Labute approximate surface area is 254 Å². The molecule has 1 N–H and O–H groups in total. The molecule has 3 saturated heterocycles. The number of nitrogens with one attached hydrogen (secondary N) is 1. The zero-order valence-corrected chi connectivity index (χ0v) is 26.1. The van der Waals surface area contributed by atoms with Gasteiger partial charge in [-0.2, -0.15) is 0 Å². The summed E-state index contributed by atoms with van der Waals surface area (Å²) in [6.07, 6.45) is 6.59. The Morgan fingerprint density at radius 1 is 0.929 bits per heavy atom. The van der Waals surface area contributed by atoms with E-state index in [9.17, 15) is 14.4 Å². The van der Waals surface area contributed by atoms with Gasteiger partial charge in [0.05, 0.1) is 10.9 Å². The molecule has 42 heavy (non-hydrogen) atoms. The molecule has 0 unspecified atom stereocenters. The first kappa shape index (κ1) is 30.3. The second-order valence-electron chi connectivity index (χ2n) is 13.2. The molecular weight excluding hydrogens is 550 g/mol. The van der Waals surface area contributed by atoms with Crippen LogP contribution in [0.15, 0.2) is 36.5 Å². The molecule has 1 aromatic heterocycles. The molecule has 3 fully saturated rings. The van der Waals surface area contributed by atoms with Crippen LogP contribution in [0, 0.1) is 18.8 Å². The lowest BCUT2D eigenvalue weighted by molar-refractivity contribution is -0.124. The number of nitrogens with zero attached hydrogens (tertiary/aromatic N) is 4. The van der Waals surface area contributed by atoms with Crippen molar-refractivity contribution in [2.45, 2.75) is 77.7 Å². The molecule has 8 nitrogen and oxygen atoms in total. The topological polar surface area (TPSA) is 85.9 Å². The third kappa shape index (κ3) is 6.59. The Morgan fingerprint density at radius 2 is 1.62 bits per heavy atom. The predicted molar refractivity (Wildman–Crippen MR) is 166 cm³/mol. The maximum Gasteiger partial charge on any atom is 0.319 e. The SMILES string of the molecule is Cc1cc(Cl)cnc1C(=O)N1CCC[C@H](C(=O)Nc2cccc(C(C)(C)C)c2)[C@@H]1C1CCN(C(=O)N2CCCC2)CC1. The van der Waals surface area contributed by atoms with Gasteiger partial charge < -0.3 is 20.0 Å². The van der Waals surface area contributed by atoms with Crippen molar-refractivity contribution < 1.29 is 14.4 Å². The first-order chi connectivity index (χ1) is 20.0. The Balaban J connectivity index is 1.39. The fourth-order valence-corrected chi connectivity index (χ4v) is 7.08. The van der Waals surface area contributed by atoms with Crippen LogP contribution in [0.3, 0.4) is 0 Å². The van der Waals surface area contributed by atoms with Crippen molar-refractivity contribution in [3.8, 4) is 0 Å². The highest BCUT2D eigenvalue weighted by molar-refractivity contribution is 6.30. The van der Waals surface area contributed by atoms with Gasteiger partial charge in [-0.15, -0.1) is 0 Å². The molecule has 3 aliphatic heterocycles. The van der Waals surface area contributed by atoms with E-state index in [0.29, 0.717) is 36.8 Å². The standard InChI is InChI=1S/C33H44ClN5O3/c1-22-19-25(34)21-35-28(22)31(41)39-16-8-11-27(30(40)36-26-10-7-9-24(20-26)33(2,3)4)29(39)23-12-17-38(18-13-23)32(42)37-14-5-6-15-37/h7,9-10,19-21,23,27,29H,5-6,8,11-18H2,1-4H3,(H,36,40)/t27-,29-/m0/s1. The van der Waals surface area contributed by atoms with Crippen molar-refractivity contribution in [3.63, 3.8) is 0 Å². The van der Waals surface area contributed by atoms with Crippen molar-refractivity contribution in [2.75, 3.05) is 38.0 Å². The van der Waals surface area contributed by atoms with Crippen LogP contribution < -0.4 is 5.32 Å². The zero-order valence-electron chi connectivity index (χ0n) is 25.4. The minimum absolute atomic E-state index is 0.0404. The molecule has 0 saturated carbocycles. The number of hydrogen-bond acceptors (Lipinski definition) is 4. The number of anilines is 1. The molecule has 2 atom stereocenters. The van der Waals surface area contributed by atoms with E-state index < -0.39 is 0 Å². The molecule has 4 heterocycles. The van der Waals surface area contributed by atoms with Crippen LogP contribution in [-0.2, 0) is 10.2 Å². The molecule has 9 heteroatoms. The van der Waals surface area contributed by atoms with Crippen molar-refractivity contribution >= 4 is 35.1 Å². The highest BCUT2D eigenvalue weighted by Gasteiger charge is 2.45. The van der Waals surface area contributed by atoms with E-state index in [0.717, 1.165) is 62.0 Å². The molecular formula is C33H44ClN5O3. The highest BCUT2D eigenvalue weighted by Crippen LogP contribution is 2.37. The van der Waals surface area contributed by atoms with Crippen LogP contribution in [-0.4, -0.2) is 76.3 Å². The van der Waals surface area contributed by atoms with Crippen LogP contribution in [0.1, 0.15) is 80.9 Å². The molecule has 0 aliphatic carbocycles. The number of benzene rings is 1. The van der Waals surface area contributed by atoms with Crippen LogP contribution >= 0.6 is 11.6 Å². The zero-order chi connectivity index (χ0) is 30.0. The van der Waals surface area contributed by atoms with Crippen LogP contribution in [0.2, 0.25) is 5.02 Å². The summed E-state index contributed by atoms with van der Waals surface area (Å²) in [4.78, 5) is 51.3. The van der Waals surface area contributed by atoms with Gasteiger partial charge in [-0.05, 0) is 86.1 Å². The number of urea groups is 1. The Hall–Kier alpha value is -3.13. The van der Waals surface area contributed by atoms with Gasteiger partial charge in [-0.25, -0.2) is 9.78 Å². The molecule has 4 amide bonds. The van der Waals surface area contributed by atoms with E-state index in [4.69, 9.17) is 11.6 Å². The first-order valence-electron chi connectivity index (χ1n) is 15.4. The number of pyridine rings is 1. The number of hydrogen-bond donors (Lipinski definition) is 1. The molecule has 3 aliphatic rings. The average Bonchev–Trinajstić information content (AvgIpc) is 3.51. The fraction of sp³-hybridized carbons (Fsp3) is 0.576. The third-order valence-electron chi connectivity index (χ3n) is 9.20. The summed E-state index contributed by atoms with van der Waals surface area (Å²) in [7, 11) is 0. The number of piperidine rings is 2. The van der Waals surface area contributed by atoms with E-state index in [1.54, 1.807) is 6.07 Å². The lowest BCUT2D eigenvalue weighted by Crippen LogP contribution is -2.57. The summed E-state index contributed by atoms with van der Waals surface area (Å²) in [6.45, 7) is 11.8. The fourth-order valence-electron chi connectivity index (χ4n) is 6.86. The van der Waals surface area contributed by atoms with Gasteiger partial charge in [0.25, 0.3) is 5.91 Å². The minimum atomic E-state index is -0.362. The largest absolute Gasteiger partial charge is 0.333 e. The summed E-state index contributed by atoms with van der Waals surface area (Å²) in [5.74, 6) is -0.475. The van der Waals surface area contributed by atoms with E-state index >= 15 is 0 Å². The maximum atomic E-state index is 14.0. The van der Waals surface area contributed by atoms with Crippen LogP contribution in [0.5, 0.6) is 0 Å². The van der Waals surface area contributed by atoms with Crippen LogP contribution in [0.4, 0.5) is 10.5 Å². The smallest absolute Gasteiger partial charge is 0.319 e. The highest BCUT2D eigenvalue weighted by atomic mass is 35.5. The summed E-state index contributed by atoms with van der Waals surface area (Å²) in [6, 6.07) is 9.63. The summed E-state index contributed by atoms with van der Waals surface area (Å²) in [5.41, 5.74) is 2.99. The molecule has 2 aromatic rings. The van der Waals surface area contributed by atoms with Crippen molar-refractivity contribution in [3.05, 3.63) is 58.4 Å². The normalized spacial score (nSPS) is 21.9. The Bertz CT molecular complexity index is 1310. The summed E-state index contributed by atoms with van der Waals surface area (Å²) >= 11 is 6.15. The molecule has 0 spiro atoms. The quantitative estimate of drug-likeness (QED) is 0.462. The number of amides is 4. The number of likely N-dealkylation sites (tertiary alicyclic amines) is 3. The van der Waals surface area contributed by atoms with Gasteiger partial charge in [-0.3, -0.25) is 9.59 Å². The van der Waals surface area contributed by atoms with Crippen LogP contribution in [0.25, 0.3) is 0 Å².